The van der Waals surface area contributed by atoms with E-state index in [1.165, 1.54) is 0 Å². The van der Waals surface area contributed by atoms with Crippen molar-refractivity contribution in [2.45, 2.75) is 52.2 Å². The van der Waals surface area contributed by atoms with Gasteiger partial charge in [-0.25, -0.2) is 9.97 Å². The monoisotopic (exact) mass is 687 g/mol. The first-order valence-corrected chi connectivity index (χ1v) is 17.4. The Kier molecular flexibility index (Phi) is 11.1. The summed E-state index contributed by atoms with van der Waals surface area (Å²) in [6.45, 7) is 7.08. The van der Waals surface area contributed by atoms with E-state index in [1.54, 1.807) is 32.2 Å². The van der Waals surface area contributed by atoms with Crippen molar-refractivity contribution in [1.82, 2.24) is 39.4 Å². The average Bonchev–Trinajstić information content (AvgIpc) is 3.74. The molecule has 14 nitrogen and oxygen atoms in total. The van der Waals surface area contributed by atoms with Crippen LogP contribution < -0.4 is 24.4 Å². The standard InChI is InChI=1S/C36H49N9O5/c1-25-8-14-45(40-25)15-10-33(47)43-13-9-32(46)38-21-26-7-6-12-44(22-26)36-27(23-42(17-18-43)24-31-37-11-16-41(31)2)19-28-29(39-36)20-30(48-3)35(50-5)34(28)49-4/h8,11,14,16,19-20,26H,6-7,9-10,12-13,15,17-18,21-24H2,1-5H3,(H,38,46). The molecule has 5 heterocycles. The molecule has 2 aliphatic rings. The lowest BCUT2D eigenvalue weighted by Gasteiger charge is -2.35. The smallest absolute Gasteiger partial charge is 0.224 e. The van der Waals surface area contributed by atoms with Gasteiger partial charge in [-0.2, -0.15) is 5.10 Å². The summed E-state index contributed by atoms with van der Waals surface area (Å²) >= 11 is 0. The highest BCUT2D eigenvalue weighted by Crippen LogP contribution is 2.44. The topological polar surface area (TPSA) is 132 Å². The molecular weight excluding hydrogens is 638 g/mol. The molecule has 4 aromatic rings. The number of carbonyl (C=O) groups excluding carboxylic acids is 2. The third kappa shape index (κ3) is 7.96. The average molecular weight is 688 g/mol. The van der Waals surface area contributed by atoms with Crippen LogP contribution in [0.5, 0.6) is 17.2 Å². The molecule has 2 amide bonds. The minimum Gasteiger partial charge on any atom is -0.493 e. The number of nitrogens with one attached hydrogen (secondary N) is 1. The van der Waals surface area contributed by atoms with Crippen molar-refractivity contribution in [3.8, 4) is 17.2 Å². The lowest BCUT2D eigenvalue weighted by Crippen LogP contribution is -2.42. The molecule has 50 heavy (non-hydrogen) atoms. The zero-order valence-corrected chi connectivity index (χ0v) is 29.9. The van der Waals surface area contributed by atoms with E-state index in [-0.39, 0.29) is 24.2 Å². The number of methoxy groups -OCH3 is 3. The Bertz CT molecular complexity index is 1800. The number of anilines is 1. The van der Waals surface area contributed by atoms with Crippen LogP contribution in [0, 0.1) is 12.8 Å². The van der Waals surface area contributed by atoms with Crippen molar-refractivity contribution in [2.75, 3.05) is 65.5 Å². The molecule has 0 radical (unpaired) electrons. The summed E-state index contributed by atoms with van der Waals surface area (Å²) in [6.07, 6.45) is 8.18. The fraction of sp³-hybridized carbons (Fsp3) is 0.528. The van der Waals surface area contributed by atoms with Gasteiger partial charge < -0.3 is 33.9 Å². The molecule has 0 spiro atoms. The third-order valence-electron chi connectivity index (χ3n) is 9.74. The number of ether oxygens (including phenoxy) is 3. The predicted octanol–water partition coefficient (Wildman–Crippen LogP) is 3.16. The molecule has 1 fully saturated rings. The number of nitrogens with zero attached hydrogens (tertiary/aromatic N) is 8. The molecule has 0 aliphatic carbocycles. The molecule has 2 bridgehead atoms. The molecule has 2 aliphatic heterocycles. The summed E-state index contributed by atoms with van der Waals surface area (Å²) in [4.78, 5) is 43.2. The largest absolute Gasteiger partial charge is 0.493 e. The Morgan fingerprint density at radius 1 is 1.04 bits per heavy atom. The molecule has 1 unspecified atom stereocenters. The molecule has 14 heteroatoms. The minimum absolute atomic E-state index is 0.00646. The summed E-state index contributed by atoms with van der Waals surface area (Å²) in [7, 11) is 6.83. The second-order valence-corrected chi connectivity index (χ2v) is 13.2. The Hall–Kier alpha value is -4.85. The van der Waals surface area contributed by atoms with Gasteiger partial charge in [0.25, 0.3) is 0 Å². The molecule has 6 rings (SSSR count). The predicted molar refractivity (Wildman–Crippen MR) is 189 cm³/mol. The third-order valence-corrected chi connectivity index (χ3v) is 9.74. The fourth-order valence-corrected chi connectivity index (χ4v) is 7.00. The van der Waals surface area contributed by atoms with E-state index in [0.717, 1.165) is 59.7 Å². The Balaban J connectivity index is 1.39. The molecular formula is C36H49N9O5. The summed E-state index contributed by atoms with van der Waals surface area (Å²) < 4.78 is 21.1. The van der Waals surface area contributed by atoms with Gasteiger partial charge in [0, 0.05) is 108 Å². The van der Waals surface area contributed by atoms with E-state index in [0.29, 0.717) is 69.5 Å². The number of hydrogen-bond donors (Lipinski definition) is 1. The maximum absolute atomic E-state index is 13.7. The van der Waals surface area contributed by atoms with Crippen LogP contribution in [0.2, 0.25) is 0 Å². The van der Waals surface area contributed by atoms with Gasteiger partial charge in [0.15, 0.2) is 11.5 Å². The van der Waals surface area contributed by atoms with Crippen LogP contribution in [-0.2, 0) is 36.3 Å². The number of amides is 2. The molecule has 3 aromatic heterocycles. The van der Waals surface area contributed by atoms with Gasteiger partial charge in [-0.05, 0) is 37.8 Å². The van der Waals surface area contributed by atoms with Gasteiger partial charge in [0.2, 0.25) is 17.6 Å². The van der Waals surface area contributed by atoms with E-state index in [4.69, 9.17) is 19.2 Å². The number of benzene rings is 1. The first-order valence-electron chi connectivity index (χ1n) is 17.4. The highest BCUT2D eigenvalue weighted by atomic mass is 16.5. The zero-order chi connectivity index (χ0) is 35.2. The van der Waals surface area contributed by atoms with Crippen molar-refractivity contribution < 1.29 is 23.8 Å². The molecule has 1 N–H and O–H groups in total. The number of carbonyl (C=O) groups is 2. The van der Waals surface area contributed by atoms with E-state index < -0.39 is 0 Å². The normalized spacial score (nSPS) is 17.9. The lowest BCUT2D eigenvalue weighted by atomic mass is 9.97. The van der Waals surface area contributed by atoms with Gasteiger partial charge in [-0.3, -0.25) is 19.2 Å². The Morgan fingerprint density at radius 3 is 2.60 bits per heavy atom. The number of imidazole rings is 1. The van der Waals surface area contributed by atoms with Gasteiger partial charge in [-0.15, -0.1) is 0 Å². The van der Waals surface area contributed by atoms with Gasteiger partial charge in [0.1, 0.15) is 11.6 Å². The van der Waals surface area contributed by atoms with Crippen molar-refractivity contribution in [1.29, 1.82) is 0 Å². The van der Waals surface area contributed by atoms with E-state index >= 15 is 0 Å². The van der Waals surface area contributed by atoms with Crippen LogP contribution in [0.4, 0.5) is 5.82 Å². The maximum atomic E-state index is 13.7. The SMILES string of the molecule is COc1cc2nc3c(cc2c(OC)c1OC)CN(Cc1nccn1C)CCN(C(=O)CCn1ccc(C)n1)CCC(=O)NCC1CCCN3C1. The summed E-state index contributed by atoms with van der Waals surface area (Å²) in [6, 6.07) is 5.98. The first-order chi connectivity index (χ1) is 24.3. The van der Waals surface area contributed by atoms with Crippen LogP contribution in [0.15, 0.2) is 36.8 Å². The number of aryl methyl sites for hydroxylation is 3. The van der Waals surface area contributed by atoms with Crippen molar-refractivity contribution in [2.24, 2.45) is 13.0 Å². The molecule has 0 saturated carbocycles. The second-order valence-electron chi connectivity index (χ2n) is 13.2. The summed E-state index contributed by atoms with van der Waals surface area (Å²) in [5, 5.41) is 8.43. The fourth-order valence-electron chi connectivity index (χ4n) is 7.00. The Morgan fingerprint density at radius 2 is 1.88 bits per heavy atom. The number of fused-ring (bicyclic) bond motifs is 5. The van der Waals surface area contributed by atoms with E-state index in [2.05, 4.69) is 31.3 Å². The first kappa shape index (κ1) is 35.0. The highest BCUT2D eigenvalue weighted by molar-refractivity contribution is 5.92. The summed E-state index contributed by atoms with van der Waals surface area (Å²) in [5.74, 6) is 3.64. The number of pyridine rings is 1. The number of hydrogen-bond acceptors (Lipinski definition) is 10. The quantitative estimate of drug-likeness (QED) is 0.295. The van der Waals surface area contributed by atoms with E-state index in [1.807, 2.05) is 48.0 Å². The molecule has 1 saturated heterocycles. The maximum Gasteiger partial charge on any atom is 0.224 e. The Labute approximate surface area is 293 Å². The van der Waals surface area contributed by atoms with Crippen LogP contribution in [0.1, 0.15) is 42.8 Å². The van der Waals surface area contributed by atoms with Crippen LogP contribution in [0.25, 0.3) is 10.9 Å². The number of rotatable bonds is 8. The minimum atomic E-state index is -0.0416. The lowest BCUT2D eigenvalue weighted by molar-refractivity contribution is -0.132. The van der Waals surface area contributed by atoms with Crippen LogP contribution in [-0.4, -0.2) is 107 Å². The van der Waals surface area contributed by atoms with Gasteiger partial charge in [0.05, 0.1) is 39.1 Å². The van der Waals surface area contributed by atoms with Gasteiger partial charge >= 0.3 is 0 Å². The number of piperidine rings is 1. The van der Waals surface area contributed by atoms with Crippen LogP contribution in [0.3, 0.4) is 0 Å². The molecule has 1 aromatic carbocycles. The second kappa shape index (κ2) is 15.8. The van der Waals surface area contributed by atoms with Crippen LogP contribution >= 0.6 is 0 Å². The highest BCUT2D eigenvalue weighted by Gasteiger charge is 2.28. The van der Waals surface area contributed by atoms with Gasteiger partial charge in [-0.1, -0.05) is 0 Å². The van der Waals surface area contributed by atoms with Crippen molar-refractivity contribution in [3.63, 3.8) is 0 Å². The zero-order valence-electron chi connectivity index (χ0n) is 29.9. The van der Waals surface area contributed by atoms with Crippen molar-refractivity contribution >= 4 is 28.5 Å². The molecule has 1 atom stereocenters. The summed E-state index contributed by atoms with van der Waals surface area (Å²) in [5.41, 5.74) is 2.68. The van der Waals surface area contributed by atoms with Crippen molar-refractivity contribution in [3.05, 3.63) is 53.9 Å². The number of aromatic nitrogens is 5. The van der Waals surface area contributed by atoms with E-state index in [9.17, 15) is 9.59 Å². The molecule has 268 valence electrons.